The number of methoxy groups -OCH3 is 1. The second-order valence-corrected chi connectivity index (χ2v) is 4.37. The van der Waals surface area contributed by atoms with E-state index >= 15 is 0 Å². The molecule has 0 fully saturated rings. The van der Waals surface area contributed by atoms with Crippen LogP contribution < -0.4 is 10.5 Å². The number of hydrogen-bond acceptors (Lipinski definition) is 2. The molecule has 0 aromatic heterocycles. The van der Waals surface area contributed by atoms with Crippen molar-refractivity contribution in [3.63, 3.8) is 0 Å². The Hall–Kier alpha value is -1.94. The number of ether oxygens (including phenoxy) is 1. The summed E-state index contributed by atoms with van der Waals surface area (Å²) in [6, 6.07) is 8.34. The van der Waals surface area contributed by atoms with Crippen molar-refractivity contribution < 1.29 is 13.5 Å². The molecule has 0 amide bonds. The molecule has 0 aliphatic heterocycles. The fraction of sp³-hybridized carbons (Fsp3) is 0.200. The summed E-state index contributed by atoms with van der Waals surface area (Å²) in [5, 5.41) is 0. The number of benzene rings is 2. The highest BCUT2D eigenvalue weighted by Gasteiger charge is 2.14. The van der Waals surface area contributed by atoms with Crippen LogP contribution in [0.25, 0.3) is 0 Å². The number of hydrogen-bond donors (Lipinski definition) is 1. The van der Waals surface area contributed by atoms with E-state index in [4.69, 9.17) is 10.5 Å². The average molecular weight is 263 g/mol. The number of nitrogens with two attached hydrogens (primary N) is 1. The predicted molar refractivity (Wildman–Crippen MR) is 70.1 cm³/mol. The van der Waals surface area contributed by atoms with E-state index in [-0.39, 0.29) is 11.6 Å². The molecular formula is C15H15F2NO. The first-order valence-corrected chi connectivity index (χ1v) is 5.88. The summed E-state index contributed by atoms with van der Waals surface area (Å²) >= 11 is 0. The first kappa shape index (κ1) is 13.5. The Morgan fingerprint density at radius 3 is 2.53 bits per heavy atom. The Morgan fingerprint density at radius 1 is 1.11 bits per heavy atom. The van der Waals surface area contributed by atoms with Gasteiger partial charge >= 0.3 is 0 Å². The topological polar surface area (TPSA) is 35.2 Å². The number of halogens is 2. The Balaban J connectivity index is 2.43. The molecule has 2 nitrogen and oxygen atoms in total. The minimum absolute atomic E-state index is 0.127. The Kier molecular flexibility index (Phi) is 3.81. The lowest BCUT2D eigenvalue weighted by Gasteiger charge is -2.16. The molecule has 2 aromatic carbocycles. The van der Waals surface area contributed by atoms with Crippen molar-refractivity contribution in [3.05, 3.63) is 64.7 Å². The van der Waals surface area contributed by atoms with Crippen molar-refractivity contribution in [3.8, 4) is 5.75 Å². The molecule has 2 N–H and O–H groups in total. The highest BCUT2D eigenvalue weighted by molar-refractivity contribution is 5.40. The van der Waals surface area contributed by atoms with Gasteiger partial charge in [0, 0.05) is 0 Å². The van der Waals surface area contributed by atoms with Crippen LogP contribution in [0.3, 0.4) is 0 Å². The zero-order chi connectivity index (χ0) is 14.0. The summed E-state index contributed by atoms with van der Waals surface area (Å²) < 4.78 is 31.6. The number of aryl methyl sites for hydroxylation is 1. The highest BCUT2D eigenvalue weighted by atomic mass is 19.1. The van der Waals surface area contributed by atoms with E-state index < -0.39 is 11.9 Å². The van der Waals surface area contributed by atoms with Crippen LogP contribution in [-0.2, 0) is 0 Å². The van der Waals surface area contributed by atoms with Crippen LogP contribution in [-0.4, -0.2) is 7.11 Å². The molecule has 0 heterocycles. The van der Waals surface area contributed by atoms with Crippen LogP contribution in [0.2, 0.25) is 0 Å². The smallest absolute Gasteiger partial charge is 0.165 e. The normalized spacial score (nSPS) is 12.3. The molecule has 1 unspecified atom stereocenters. The quantitative estimate of drug-likeness (QED) is 0.921. The fourth-order valence-corrected chi connectivity index (χ4v) is 2.00. The maximum atomic E-state index is 13.4. The summed E-state index contributed by atoms with van der Waals surface area (Å²) in [4.78, 5) is 0. The zero-order valence-electron chi connectivity index (χ0n) is 10.8. The van der Waals surface area contributed by atoms with Gasteiger partial charge in [0.2, 0.25) is 0 Å². The molecule has 19 heavy (non-hydrogen) atoms. The molecule has 2 aromatic rings. The summed E-state index contributed by atoms with van der Waals surface area (Å²) in [6.45, 7) is 1.86. The van der Waals surface area contributed by atoms with Crippen molar-refractivity contribution >= 4 is 0 Å². The van der Waals surface area contributed by atoms with Gasteiger partial charge in [0.25, 0.3) is 0 Å². The predicted octanol–water partition coefficient (Wildman–Crippen LogP) is 3.33. The Bertz CT molecular complexity index is 599. The van der Waals surface area contributed by atoms with Crippen LogP contribution in [0.4, 0.5) is 8.78 Å². The second kappa shape index (κ2) is 5.36. The molecule has 100 valence electrons. The summed E-state index contributed by atoms with van der Waals surface area (Å²) in [5.41, 5.74) is 8.35. The van der Waals surface area contributed by atoms with Gasteiger partial charge in [-0.15, -0.1) is 0 Å². The maximum Gasteiger partial charge on any atom is 0.165 e. The molecule has 0 bridgehead atoms. The lowest BCUT2D eigenvalue weighted by atomic mass is 9.95. The molecule has 1 atom stereocenters. The molecule has 0 saturated carbocycles. The first-order chi connectivity index (χ1) is 9.02. The monoisotopic (exact) mass is 263 g/mol. The van der Waals surface area contributed by atoms with Crippen LogP contribution in [0.1, 0.15) is 22.7 Å². The largest absolute Gasteiger partial charge is 0.494 e. The third kappa shape index (κ3) is 2.74. The molecule has 0 aliphatic carbocycles. The van der Waals surface area contributed by atoms with Gasteiger partial charge in [-0.2, -0.15) is 0 Å². The number of rotatable bonds is 3. The van der Waals surface area contributed by atoms with E-state index in [2.05, 4.69) is 0 Å². The van der Waals surface area contributed by atoms with E-state index in [0.29, 0.717) is 11.1 Å². The van der Waals surface area contributed by atoms with Gasteiger partial charge in [-0.1, -0.05) is 12.1 Å². The van der Waals surface area contributed by atoms with Gasteiger partial charge in [-0.05, 0) is 47.9 Å². The van der Waals surface area contributed by atoms with Crippen molar-refractivity contribution in [2.24, 2.45) is 5.73 Å². The minimum atomic E-state index is -0.523. The Labute approximate surface area is 110 Å². The van der Waals surface area contributed by atoms with E-state index in [9.17, 15) is 8.78 Å². The van der Waals surface area contributed by atoms with Gasteiger partial charge in [0.15, 0.2) is 11.6 Å². The lowest BCUT2D eigenvalue weighted by Crippen LogP contribution is -2.14. The summed E-state index contributed by atoms with van der Waals surface area (Å²) in [5.74, 6) is -0.665. The van der Waals surface area contributed by atoms with Gasteiger partial charge < -0.3 is 10.5 Å². The average Bonchev–Trinajstić information content (AvgIpc) is 2.41. The van der Waals surface area contributed by atoms with Gasteiger partial charge in [0.05, 0.1) is 13.2 Å². The van der Waals surface area contributed by atoms with Crippen molar-refractivity contribution in [1.29, 1.82) is 0 Å². The van der Waals surface area contributed by atoms with Crippen molar-refractivity contribution in [1.82, 2.24) is 0 Å². The minimum Gasteiger partial charge on any atom is -0.494 e. The fourth-order valence-electron chi connectivity index (χ4n) is 2.00. The molecule has 0 aliphatic rings. The van der Waals surface area contributed by atoms with Crippen molar-refractivity contribution in [2.45, 2.75) is 13.0 Å². The third-order valence-corrected chi connectivity index (χ3v) is 3.11. The molecule has 0 saturated heterocycles. The first-order valence-electron chi connectivity index (χ1n) is 5.88. The third-order valence-electron chi connectivity index (χ3n) is 3.11. The SMILES string of the molecule is COc1cc(C(N)c2cc(F)ccc2C)ccc1F. The highest BCUT2D eigenvalue weighted by Crippen LogP contribution is 2.27. The van der Waals surface area contributed by atoms with Gasteiger partial charge in [0.1, 0.15) is 5.82 Å². The van der Waals surface area contributed by atoms with Gasteiger partial charge in [-0.3, -0.25) is 0 Å². The van der Waals surface area contributed by atoms with E-state index in [1.54, 1.807) is 12.1 Å². The summed E-state index contributed by atoms with van der Waals surface area (Å²) in [6.07, 6.45) is 0. The van der Waals surface area contributed by atoms with E-state index in [1.807, 2.05) is 6.92 Å². The van der Waals surface area contributed by atoms with E-state index in [1.165, 1.54) is 31.4 Å². The van der Waals surface area contributed by atoms with Crippen LogP contribution >= 0.6 is 0 Å². The molecule has 0 spiro atoms. The van der Waals surface area contributed by atoms with E-state index in [0.717, 1.165) is 5.56 Å². The standard InChI is InChI=1S/C15H15F2NO/c1-9-3-5-11(16)8-12(9)15(18)10-4-6-13(17)14(7-10)19-2/h3-8,15H,18H2,1-2H3. The molecule has 4 heteroatoms. The molecule has 0 radical (unpaired) electrons. The van der Waals surface area contributed by atoms with Crippen LogP contribution in [0.5, 0.6) is 5.75 Å². The van der Waals surface area contributed by atoms with Gasteiger partial charge in [-0.25, -0.2) is 8.78 Å². The molecular weight excluding hydrogens is 248 g/mol. The summed E-state index contributed by atoms with van der Waals surface area (Å²) in [7, 11) is 1.39. The van der Waals surface area contributed by atoms with Crippen molar-refractivity contribution in [2.75, 3.05) is 7.11 Å². The second-order valence-electron chi connectivity index (χ2n) is 4.37. The van der Waals surface area contributed by atoms with Crippen LogP contribution in [0, 0.1) is 18.6 Å². The molecule has 2 rings (SSSR count). The van der Waals surface area contributed by atoms with Crippen LogP contribution in [0.15, 0.2) is 36.4 Å². The lowest BCUT2D eigenvalue weighted by molar-refractivity contribution is 0.385. The maximum absolute atomic E-state index is 13.4. The Morgan fingerprint density at radius 2 is 1.84 bits per heavy atom. The zero-order valence-corrected chi connectivity index (χ0v) is 10.8.